The van der Waals surface area contributed by atoms with E-state index >= 15 is 0 Å². The number of hydrogen-bond acceptors (Lipinski definition) is 1. The van der Waals surface area contributed by atoms with Crippen LogP contribution in [0.2, 0.25) is 0 Å². The summed E-state index contributed by atoms with van der Waals surface area (Å²) < 4.78 is 0. The van der Waals surface area contributed by atoms with Crippen LogP contribution < -0.4 is 4.90 Å². The third-order valence-corrected chi connectivity index (χ3v) is 5.58. The number of benzene rings is 4. The molecule has 0 aliphatic carbocycles. The Labute approximate surface area is 200 Å². The van der Waals surface area contributed by atoms with Gasteiger partial charge < -0.3 is 4.90 Å². The van der Waals surface area contributed by atoms with E-state index in [0.717, 1.165) is 5.69 Å². The van der Waals surface area contributed by atoms with Gasteiger partial charge in [-0.1, -0.05) is 103 Å². The van der Waals surface area contributed by atoms with Crippen molar-refractivity contribution in [2.75, 3.05) is 4.90 Å². The number of rotatable bonds is 5. The minimum absolute atomic E-state index is 1.16. The zero-order chi connectivity index (χ0) is 23.8. The molecule has 0 saturated heterocycles. The first-order valence-electron chi connectivity index (χ1n) is 11.8. The standard InChI is InChI=1S/C30H29N.C2H6/c1-22-5-10-26(11-6-22)12-13-27-14-18-29(19-15-27)31(28-16-7-23(2)8-17-28)30-20-9-24(3)21-25(30)4;1-2/h5-21H,1-4H3;1-2H3/b13-12+;. The van der Waals surface area contributed by atoms with E-state index in [1.54, 1.807) is 0 Å². The summed E-state index contributed by atoms with van der Waals surface area (Å²) in [5, 5.41) is 0. The van der Waals surface area contributed by atoms with Crippen molar-refractivity contribution in [2.24, 2.45) is 0 Å². The molecule has 168 valence electrons. The number of aryl methyl sites for hydroxylation is 4. The molecule has 0 unspecified atom stereocenters. The molecule has 0 aliphatic rings. The first-order chi connectivity index (χ1) is 16.0. The minimum atomic E-state index is 1.16. The Morgan fingerprint density at radius 1 is 0.485 bits per heavy atom. The summed E-state index contributed by atoms with van der Waals surface area (Å²) in [7, 11) is 0. The molecule has 0 spiro atoms. The molecule has 4 aromatic carbocycles. The first-order valence-corrected chi connectivity index (χ1v) is 11.8. The highest BCUT2D eigenvalue weighted by atomic mass is 15.1. The molecule has 1 nitrogen and oxygen atoms in total. The average Bonchev–Trinajstić information content (AvgIpc) is 2.83. The monoisotopic (exact) mass is 433 g/mol. The fraction of sp³-hybridized carbons (Fsp3) is 0.188. The maximum Gasteiger partial charge on any atom is 0.0490 e. The molecule has 0 aliphatic heterocycles. The first kappa shape index (κ1) is 24.1. The summed E-state index contributed by atoms with van der Waals surface area (Å²) in [5.74, 6) is 0. The van der Waals surface area contributed by atoms with Gasteiger partial charge in [0, 0.05) is 17.1 Å². The van der Waals surface area contributed by atoms with E-state index in [9.17, 15) is 0 Å². The Morgan fingerprint density at radius 2 is 0.879 bits per heavy atom. The second-order valence-electron chi connectivity index (χ2n) is 8.30. The van der Waals surface area contributed by atoms with Gasteiger partial charge in [0.25, 0.3) is 0 Å². The van der Waals surface area contributed by atoms with Crippen LogP contribution in [0.3, 0.4) is 0 Å². The van der Waals surface area contributed by atoms with Crippen LogP contribution >= 0.6 is 0 Å². The Balaban J connectivity index is 0.00000149. The molecule has 4 rings (SSSR count). The van der Waals surface area contributed by atoms with Gasteiger partial charge in [0.2, 0.25) is 0 Å². The fourth-order valence-electron chi connectivity index (χ4n) is 3.78. The van der Waals surface area contributed by atoms with Crippen LogP contribution in [0.15, 0.2) is 91.0 Å². The van der Waals surface area contributed by atoms with Gasteiger partial charge in [0.1, 0.15) is 0 Å². The van der Waals surface area contributed by atoms with Crippen molar-refractivity contribution >= 4 is 29.2 Å². The molecule has 0 fully saturated rings. The summed E-state index contributed by atoms with van der Waals surface area (Å²) in [6.07, 6.45) is 4.33. The average molecular weight is 434 g/mol. The van der Waals surface area contributed by atoms with Crippen LogP contribution in [-0.2, 0) is 0 Å². The van der Waals surface area contributed by atoms with Crippen molar-refractivity contribution in [1.29, 1.82) is 0 Å². The Morgan fingerprint density at radius 3 is 1.36 bits per heavy atom. The third-order valence-electron chi connectivity index (χ3n) is 5.58. The van der Waals surface area contributed by atoms with E-state index in [1.807, 2.05) is 13.8 Å². The molecule has 33 heavy (non-hydrogen) atoms. The molecule has 0 N–H and O–H groups in total. The predicted molar refractivity (Wildman–Crippen MR) is 147 cm³/mol. The molecule has 4 aromatic rings. The van der Waals surface area contributed by atoms with E-state index in [-0.39, 0.29) is 0 Å². The van der Waals surface area contributed by atoms with E-state index in [2.05, 4.69) is 136 Å². The lowest BCUT2D eigenvalue weighted by molar-refractivity contribution is 1.23. The zero-order valence-electron chi connectivity index (χ0n) is 20.8. The molecule has 0 amide bonds. The van der Waals surface area contributed by atoms with E-state index in [1.165, 1.54) is 44.8 Å². The Kier molecular flexibility index (Phi) is 8.27. The zero-order valence-corrected chi connectivity index (χ0v) is 20.8. The molecule has 0 saturated carbocycles. The molecule has 0 atom stereocenters. The maximum atomic E-state index is 2.34. The van der Waals surface area contributed by atoms with Gasteiger partial charge in [-0.2, -0.15) is 0 Å². The van der Waals surface area contributed by atoms with Crippen molar-refractivity contribution in [1.82, 2.24) is 0 Å². The van der Waals surface area contributed by atoms with Crippen molar-refractivity contribution < 1.29 is 0 Å². The van der Waals surface area contributed by atoms with Crippen LogP contribution in [0.1, 0.15) is 47.2 Å². The van der Waals surface area contributed by atoms with Gasteiger partial charge in [-0.15, -0.1) is 0 Å². The second kappa shape index (κ2) is 11.3. The summed E-state index contributed by atoms with van der Waals surface area (Å²) in [6, 6.07) is 32.7. The lowest BCUT2D eigenvalue weighted by atomic mass is 10.1. The quantitative estimate of drug-likeness (QED) is 0.283. The minimum Gasteiger partial charge on any atom is -0.310 e. The molecule has 1 heteroatoms. The van der Waals surface area contributed by atoms with E-state index in [0.29, 0.717) is 0 Å². The highest BCUT2D eigenvalue weighted by molar-refractivity contribution is 5.79. The number of nitrogens with zero attached hydrogens (tertiary/aromatic N) is 1. The summed E-state index contributed by atoms with van der Waals surface area (Å²) in [5.41, 5.74) is 11.0. The van der Waals surface area contributed by atoms with Crippen LogP contribution in [0.5, 0.6) is 0 Å². The van der Waals surface area contributed by atoms with Crippen LogP contribution in [0.25, 0.3) is 12.2 Å². The van der Waals surface area contributed by atoms with Gasteiger partial charge in [0.15, 0.2) is 0 Å². The van der Waals surface area contributed by atoms with Crippen molar-refractivity contribution in [3.8, 4) is 0 Å². The van der Waals surface area contributed by atoms with Gasteiger partial charge in [-0.05, 0) is 74.7 Å². The van der Waals surface area contributed by atoms with Crippen molar-refractivity contribution in [3.63, 3.8) is 0 Å². The predicted octanol–water partition coefficient (Wildman–Crippen LogP) is 9.59. The molecular weight excluding hydrogens is 398 g/mol. The van der Waals surface area contributed by atoms with Crippen molar-refractivity contribution in [3.05, 3.63) is 124 Å². The van der Waals surface area contributed by atoms with Crippen LogP contribution in [-0.4, -0.2) is 0 Å². The number of hydrogen-bond donors (Lipinski definition) is 0. The highest BCUT2D eigenvalue weighted by Crippen LogP contribution is 2.37. The molecule has 0 heterocycles. The highest BCUT2D eigenvalue weighted by Gasteiger charge is 2.14. The van der Waals surface area contributed by atoms with Crippen molar-refractivity contribution in [2.45, 2.75) is 41.5 Å². The van der Waals surface area contributed by atoms with E-state index < -0.39 is 0 Å². The third kappa shape index (κ3) is 6.23. The Hall–Kier alpha value is -3.58. The smallest absolute Gasteiger partial charge is 0.0490 e. The number of anilines is 3. The SMILES string of the molecule is CC.Cc1ccc(/C=C/c2ccc(N(c3ccc(C)cc3)c3ccc(C)cc3C)cc2)cc1. The molecular formula is C32H35N. The lowest BCUT2D eigenvalue weighted by Gasteiger charge is -2.27. The normalized spacial score (nSPS) is 10.6. The molecule has 0 bridgehead atoms. The van der Waals surface area contributed by atoms with Crippen LogP contribution in [0, 0.1) is 27.7 Å². The fourth-order valence-corrected chi connectivity index (χ4v) is 3.78. The lowest BCUT2D eigenvalue weighted by Crippen LogP contribution is -2.11. The maximum absolute atomic E-state index is 2.34. The largest absolute Gasteiger partial charge is 0.310 e. The van der Waals surface area contributed by atoms with Crippen LogP contribution in [0.4, 0.5) is 17.1 Å². The van der Waals surface area contributed by atoms with Gasteiger partial charge >= 0.3 is 0 Å². The second-order valence-corrected chi connectivity index (χ2v) is 8.30. The molecule has 0 radical (unpaired) electrons. The summed E-state index contributed by atoms with van der Waals surface area (Å²) in [4.78, 5) is 2.34. The van der Waals surface area contributed by atoms with Gasteiger partial charge in [-0.3, -0.25) is 0 Å². The van der Waals surface area contributed by atoms with Gasteiger partial charge in [-0.25, -0.2) is 0 Å². The summed E-state index contributed by atoms with van der Waals surface area (Å²) in [6.45, 7) is 12.6. The Bertz CT molecular complexity index is 1180. The molecule has 0 aromatic heterocycles. The topological polar surface area (TPSA) is 3.24 Å². The van der Waals surface area contributed by atoms with Gasteiger partial charge in [0.05, 0.1) is 0 Å². The van der Waals surface area contributed by atoms with E-state index in [4.69, 9.17) is 0 Å². The summed E-state index contributed by atoms with van der Waals surface area (Å²) >= 11 is 0.